The minimum absolute atomic E-state index is 0.0265. The zero-order chi connectivity index (χ0) is 10.6. The van der Waals surface area contributed by atoms with E-state index in [4.69, 9.17) is 0 Å². The van der Waals surface area contributed by atoms with Crippen LogP contribution in [0, 0.1) is 15.9 Å². The van der Waals surface area contributed by atoms with Crippen molar-refractivity contribution in [1.29, 1.82) is 0 Å². The molecule has 0 saturated heterocycles. The van der Waals surface area contributed by atoms with Gasteiger partial charge >= 0.3 is 0 Å². The average Bonchev–Trinajstić information content (AvgIpc) is 2.07. The number of Topliss-reactive ketones (excluding diaryl/α,β-unsaturated/α-hetero) is 1. The number of nitrogens with zero attached hydrogens (tertiary/aromatic N) is 1. The summed E-state index contributed by atoms with van der Waals surface area (Å²) in [7, 11) is 0. The lowest BCUT2D eigenvalue weighted by Gasteiger charge is -1.97. The van der Waals surface area contributed by atoms with Gasteiger partial charge in [-0.3, -0.25) is 14.9 Å². The van der Waals surface area contributed by atoms with Crippen LogP contribution in [0.3, 0.4) is 0 Å². The lowest BCUT2D eigenvalue weighted by Crippen LogP contribution is -2.15. The van der Waals surface area contributed by atoms with Gasteiger partial charge in [-0.05, 0) is 17.7 Å². The highest BCUT2D eigenvalue weighted by molar-refractivity contribution is 5.81. The summed E-state index contributed by atoms with van der Waals surface area (Å²) in [5, 5.41) is 9.98. The van der Waals surface area contributed by atoms with Gasteiger partial charge in [0.2, 0.25) is 5.78 Å². The molecular formula is C9H8FNO3. The van der Waals surface area contributed by atoms with E-state index in [9.17, 15) is 19.3 Å². The van der Waals surface area contributed by atoms with Gasteiger partial charge in [-0.25, -0.2) is 4.39 Å². The van der Waals surface area contributed by atoms with E-state index in [-0.39, 0.29) is 6.42 Å². The Kier molecular flexibility index (Phi) is 3.28. The van der Waals surface area contributed by atoms with E-state index in [0.717, 1.165) is 0 Å². The summed E-state index contributed by atoms with van der Waals surface area (Å²) in [6.07, 6.45) is -0.0265. The lowest BCUT2D eigenvalue weighted by atomic mass is 10.1. The van der Waals surface area contributed by atoms with Crippen LogP contribution in [-0.2, 0) is 11.2 Å². The van der Waals surface area contributed by atoms with Crippen molar-refractivity contribution in [3.05, 3.63) is 45.8 Å². The fourth-order valence-corrected chi connectivity index (χ4v) is 1.03. The molecule has 0 saturated carbocycles. The van der Waals surface area contributed by atoms with Gasteiger partial charge in [-0.15, -0.1) is 0 Å². The molecule has 0 bridgehead atoms. The molecule has 5 heteroatoms. The molecule has 1 rings (SSSR count). The summed E-state index contributed by atoms with van der Waals surface area (Å²) in [5.41, 5.74) is 0.582. The standard InChI is InChI=1S/C9H8FNO3/c10-8-3-1-7(2-4-8)5-9(12)6-11(13)14/h1-4H,5-6H2. The smallest absolute Gasteiger partial charge is 0.261 e. The van der Waals surface area contributed by atoms with Crippen LogP contribution in [0.15, 0.2) is 24.3 Å². The molecule has 0 heterocycles. The Morgan fingerprint density at radius 1 is 1.36 bits per heavy atom. The van der Waals surface area contributed by atoms with Crippen LogP contribution in [0.4, 0.5) is 4.39 Å². The molecule has 0 N–H and O–H groups in total. The largest absolute Gasteiger partial charge is 0.292 e. The van der Waals surface area contributed by atoms with E-state index in [2.05, 4.69) is 0 Å². The van der Waals surface area contributed by atoms with E-state index in [0.29, 0.717) is 5.56 Å². The Morgan fingerprint density at radius 3 is 2.43 bits per heavy atom. The van der Waals surface area contributed by atoms with E-state index >= 15 is 0 Å². The minimum Gasteiger partial charge on any atom is -0.292 e. The third-order valence-electron chi connectivity index (χ3n) is 1.62. The maximum absolute atomic E-state index is 12.4. The Balaban J connectivity index is 2.56. The second kappa shape index (κ2) is 4.45. The molecule has 0 aliphatic carbocycles. The van der Waals surface area contributed by atoms with Crippen molar-refractivity contribution < 1.29 is 14.1 Å². The molecule has 0 aliphatic heterocycles. The van der Waals surface area contributed by atoms with Gasteiger partial charge in [0.05, 0.1) is 0 Å². The maximum atomic E-state index is 12.4. The molecule has 0 radical (unpaired) electrons. The van der Waals surface area contributed by atoms with E-state index in [1.807, 2.05) is 0 Å². The highest BCUT2D eigenvalue weighted by atomic mass is 19.1. The fraction of sp³-hybridized carbons (Fsp3) is 0.222. The van der Waals surface area contributed by atoms with Gasteiger partial charge in [0.25, 0.3) is 6.54 Å². The molecular weight excluding hydrogens is 189 g/mol. The maximum Gasteiger partial charge on any atom is 0.261 e. The fourth-order valence-electron chi connectivity index (χ4n) is 1.03. The Labute approximate surface area is 79.5 Å². The first-order chi connectivity index (χ1) is 6.58. The lowest BCUT2D eigenvalue weighted by molar-refractivity contribution is -0.467. The zero-order valence-electron chi connectivity index (χ0n) is 7.27. The van der Waals surface area contributed by atoms with E-state index in [1.54, 1.807) is 0 Å². The Morgan fingerprint density at radius 2 is 1.93 bits per heavy atom. The molecule has 0 aliphatic rings. The summed E-state index contributed by atoms with van der Waals surface area (Å²) < 4.78 is 12.4. The topological polar surface area (TPSA) is 60.2 Å². The van der Waals surface area contributed by atoms with Crippen LogP contribution in [0.1, 0.15) is 5.56 Å². The molecule has 0 unspecified atom stereocenters. The second-order valence-electron chi connectivity index (χ2n) is 2.83. The Hall–Kier alpha value is -1.78. The quantitative estimate of drug-likeness (QED) is 0.538. The molecule has 0 amide bonds. The van der Waals surface area contributed by atoms with Crippen molar-refractivity contribution in [2.75, 3.05) is 6.54 Å². The number of carbonyl (C=O) groups excluding carboxylic acids is 1. The predicted molar refractivity (Wildman–Crippen MR) is 47.0 cm³/mol. The summed E-state index contributed by atoms with van der Waals surface area (Å²) in [6.45, 7) is -0.683. The number of carbonyl (C=O) groups is 1. The average molecular weight is 197 g/mol. The number of hydrogen-bond donors (Lipinski definition) is 0. The van der Waals surface area contributed by atoms with Crippen LogP contribution in [-0.4, -0.2) is 17.3 Å². The summed E-state index contributed by atoms with van der Waals surface area (Å²) in [6, 6.07) is 5.31. The summed E-state index contributed by atoms with van der Waals surface area (Å²) in [4.78, 5) is 20.3. The molecule has 0 fully saturated rings. The van der Waals surface area contributed by atoms with Crippen molar-refractivity contribution in [3.63, 3.8) is 0 Å². The first-order valence-electron chi connectivity index (χ1n) is 3.96. The highest BCUT2D eigenvalue weighted by Gasteiger charge is 2.09. The van der Waals surface area contributed by atoms with Crippen molar-refractivity contribution in [3.8, 4) is 0 Å². The van der Waals surface area contributed by atoms with Gasteiger partial charge in [0, 0.05) is 11.3 Å². The molecule has 1 aromatic rings. The van der Waals surface area contributed by atoms with Gasteiger partial charge in [-0.1, -0.05) is 12.1 Å². The van der Waals surface area contributed by atoms with Crippen LogP contribution in [0.25, 0.3) is 0 Å². The zero-order valence-corrected chi connectivity index (χ0v) is 7.27. The molecule has 4 nitrogen and oxygen atoms in total. The number of halogens is 1. The number of hydrogen-bond acceptors (Lipinski definition) is 3. The Bertz CT molecular complexity index is 348. The van der Waals surface area contributed by atoms with Crippen molar-refractivity contribution >= 4 is 5.78 Å². The van der Waals surface area contributed by atoms with Crippen LogP contribution >= 0.6 is 0 Å². The summed E-state index contributed by atoms with van der Waals surface area (Å²) >= 11 is 0. The first kappa shape index (κ1) is 10.3. The minimum atomic E-state index is -0.683. The van der Waals surface area contributed by atoms with Crippen LogP contribution in [0.5, 0.6) is 0 Å². The van der Waals surface area contributed by atoms with Crippen molar-refractivity contribution in [2.45, 2.75) is 6.42 Å². The van der Waals surface area contributed by atoms with Crippen molar-refractivity contribution in [2.24, 2.45) is 0 Å². The second-order valence-corrected chi connectivity index (χ2v) is 2.83. The predicted octanol–water partition coefficient (Wildman–Crippen LogP) is 1.21. The van der Waals surface area contributed by atoms with E-state index < -0.39 is 23.1 Å². The summed E-state index contributed by atoms with van der Waals surface area (Å²) in [5.74, 6) is -0.878. The number of benzene rings is 1. The highest BCUT2D eigenvalue weighted by Crippen LogP contribution is 2.03. The number of rotatable bonds is 4. The first-order valence-corrected chi connectivity index (χ1v) is 3.96. The van der Waals surface area contributed by atoms with Crippen LogP contribution in [0.2, 0.25) is 0 Å². The molecule has 0 atom stereocenters. The monoisotopic (exact) mass is 197 g/mol. The molecule has 0 aromatic heterocycles. The van der Waals surface area contributed by atoms with Gasteiger partial charge in [-0.2, -0.15) is 0 Å². The number of nitro groups is 1. The number of ketones is 1. The third kappa shape index (κ3) is 3.30. The third-order valence-corrected chi connectivity index (χ3v) is 1.62. The molecule has 74 valence electrons. The van der Waals surface area contributed by atoms with Crippen LogP contribution < -0.4 is 0 Å². The van der Waals surface area contributed by atoms with Gasteiger partial charge < -0.3 is 0 Å². The normalized spacial score (nSPS) is 9.79. The molecule has 1 aromatic carbocycles. The van der Waals surface area contributed by atoms with E-state index in [1.165, 1.54) is 24.3 Å². The van der Waals surface area contributed by atoms with Gasteiger partial charge in [0.1, 0.15) is 5.82 Å². The molecule has 0 spiro atoms. The van der Waals surface area contributed by atoms with Crippen molar-refractivity contribution in [1.82, 2.24) is 0 Å². The SMILES string of the molecule is O=C(Cc1ccc(F)cc1)C[N+](=O)[O-]. The molecule has 14 heavy (non-hydrogen) atoms. The van der Waals surface area contributed by atoms with Gasteiger partial charge in [0.15, 0.2) is 0 Å².